The fourth-order valence-electron chi connectivity index (χ4n) is 2.84. The van der Waals surface area contributed by atoms with Crippen LogP contribution in [0.25, 0.3) is 0 Å². The zero-order chi connectivity index (χ0) is 15.5. The zero-order valence-corrected chi connectivity index (χ0v) is 13.1. The number of rotatable bonds is 6. The Bertz CT molecular complexity index is 490. The topological polar surface area (TPSA) is 77.2 Å². The van der Waals surface area contributed by atoms with Crippen molar-refractivity contribution in [1.82, 2.24) is 10.3 Å². The zero-order valence-electron chi connectivity index (χ0n) is 13.1. The number of pyridine rings is 1. The molecule has 0 saturated heterocycles. The molecule has 1 fully saturated rings. The van der Waals surface area contributed by atoms with E-state index in [-0.39, 0.29) is 17.4 Å². The second kappa shape index (κ2) is 6.12. The Hall–Kier alpha value is -1.46. The van der Waals surface area contributed by atoms with Crippen LogP contribution in [0.15, 0.2) is 24.5 Å². The van der Waals surface area contributed by atoms with Gasteiger partial charge in [0.15, 0.2) is 0 Å². The fraction of sp³-hybridized carbons (Fsp3) is 0.625. The Morgan fingerprint density at radius 2 is 2.33 bits per heavy atom. The van der Waals surface area contributed by atoms with E-state index in [1.54, 1.807) is 6.20 Å². The third kappa shape index (κ3) is 2.94. The first-order valence-electron chi connectivity index (χ1n) is 7.49. The van der Waals surface area contributed by atoms with Gasteiger partial charge in [-0.05, 0) is 25.0 Å². The van der Waals surface area contributed by atoms with E-state index in [4.69, 9.17) is 10.5 Å². The molecule has 0 spiro atoms. The largest absolute Gasteiger partial charge is 0.378 e. The van der Waals surface area contributed by atoms with Crippen molar-refractivity contribution in [2.75, 3.05) is 13.2 Å². The molecule has 1 amide bonds. The molecule has 0 aromatic carbocycles. The van der Waals surface area contributed by atoms with Gasteiger partial charge in [-0.25, -0.2) is 0 Å². The van der Waals surface area contributed by atoms with Crippen molar-refractivity contribution in [3.8, 4) is 0 Å². The van der Waals surface area contributed by atoms with Gasteiger partial charge in [0, 0.05) is 37.4 Å². The molecule has 21 heavy (non-hydrogen) atoms. The van der Waals surface area contributed by atoms with Crippen molar-refractivity contribution in [1.29, 1.82) is 0 Å². The molecule has 2 atom stereocenters. The van der Waals surface area contributed by atoms with Crippen LogP contribution in [0.5, 0.6) is 0 Å². The van der Waals surface area contributed by atoms with Crippen molar-refractivity contribution in [2.45, 2.75) is 45.3 Å². The summed E-state index contributed by atoms with van der Waals surface area (Å²) in [6, 6.07) is 3.89. The summed E-state index contributed by atoms with van der Waals surface area (Å²) in [5, 5.41) is 2.94. The van der Waals surface area contributed by atoms with Crippen LogP contribution in [0.4, 0.5) is 0 Å². The van der Waals surface area contributed by atoms with Crippen LogP contribution < -0.4 is 11.1 Å². The molecule has 116 valence electrons. The summed E-state index contributed by atoms with van der Waals surface area (Å²) in [6.07, 6.45) is 4.93. The maximum atomic E-state index is 12.4. The van der Waals surface area contributed by atoms with E-state index < -0.39 is 5.54 Å². The first kappa shape index (κ1) is 15.9. The summed E-state index contributed by atoms with van der Waals surface area (Å²) in [6.45, 7) is 7.17. The van der Waals surface area contributed by atoms with Crippen molar-refractivity contribution < 1.29 is 9.53 Å². The fourth-order valence-corrected chi connectivity index (χ4v) is 2.84. The summed E-state index contributed by atoms with van der Waals surface area (Å²) in [4.78, 5) is 16.5. The van der Waals surface area contributed by atoms with Gasteiger partial charge in [0.25, 0.3) is 0 Å². The molecule has 1 aliphatic carbocycles. The number of nitrogens with two attached hydrogens (primary N) is 1. The van der Waals surface area contributed by atoms with Gasteiger partial charge in [-0.15, -0.1) is 0 Å². The Morgan fingerprint density at radius 3 is 2.90 bits per heavy atom. The number of nitrogens with zero attached hydrogens (tertiary/aromatic N) is 1. The summed E-state index contributed by atoms with van der Waals surface area (Å²) >= 11 is 0. The average molecular weight is 291 g/mol. The monoisotopic (exact) mass is 291 g/mol. The number of hydrogen-bond donors (Lipinski definition) is 2. The molecule has 1 heterocycles. The molecule has 2 rings (SSSR count). The molecular weight excluding hydrogens is 266 g/mol. The van der Waals surface area contributed by atoms with Gasteiger partial charge in [-0.3, -0.25) is 9.78 Å². The highest BCUT2D eigenvalue weighted by molar-refractivity contribution is 5.88. The van der Waals surface area contributed by atoms with E-state index in [1.165, 1.54) is 0 Å². The Morgan fingerprint density at radius 1 is 1.57 bits per heavy atom. The summed E-state index contributed by atoms with van der Waals surface area (Å²) in [5.41, 5.74) is 6.23. The smallest absolute Gasteiger partial charge is 0.240 e. The molecule has 1 aliphatic rings. The maximum absolute atomic E-state index is 12.4. The number of amides is 1. The minimum Gasteiger partial charge on any atom is -0.378 e. The van der Waals surface area contributed by atoms with Gasteiger partial charge >= 0.3 is 0 Å². The van der Waals surface area contributed by atoms with Crippen LogP contribution in [0.3, 0.4) is 0 Å². The van der Waals surface area contributed by atoms with E-state index in [0.717, 1.165) is 12.0 Å². The third-order valence-electron chi connectivity index (χ3n) is 4.66. The van der Waals surface area contributed by atoms with Crippen molar-refractivity contribution >= 4 is 5.91 Å². The van der Waals surface area contributed by atoms with Crippen LogP contribution >= 0.6 is 0 Å². The highest BCUT2D eigenvalue weighted by atomic mass is 16.5. The second-order valence-corrected chi connectivity index (χ2v) is 6.21. The maximum Gasteiger partial charge on any atom is 0.240 e. The SMILES string of the molecule is CCOC1CC(N)(C(=O)NCCc2cccnc2)C1(C)C. The number of ether oxygens (including phenoxy) is 1. The van der Waals surface area contributed by atoms with E-state index in [2.05, 4.69) is 10.3 Å². The van der Waals surface area contributed by atoms with Crippen LogP contribution in [0, 0.1) is 5.41 Å². The van der Waals surface area contributed by atoms with E-state index in [9.17, 15) is 4.79 Å². The standard InChI is InChI=1S/C16H25N3O2/c1-4-21-13-10-16(17,15(13,2)3)14(20)19-9-7-12-6-5-8-18-11-12/h5-6,8,11,13H,4,7,9-10,17H2,1-3H3,(H,19,20). The number of nitrogens with one attached hydrogen (secondary N) is 1. The van der Waals surface area contributed by atoms with Crippen molar-refractivity contribution in [3.63, 3.8) is 0 Å². The van der Waals surface area contributed by atoms with Gasteiger partial charge in [0.1, 0.15) is 5.54 Å². The molecule has 0 aliphatic heterocycles. The minimum absolute atomic E-state index is 0.0524. The second-order valence-electron chi connectivity index (χ2n) is 6.21. The van der Waals surface area contributed by atoms with Gasteiger partial charge in [-0.1, -0.05) is 19.9 Å². The number of carbonyl (C=O) groups excluding carboxylic acids is 1. The normalized spacial score (nSPS) is 27.0. The Labute approximate surface area is 126 Å². The summed E-state index contributed by atoms with van der Waals surface area (Å²) in [7, 11) is 0. The molecule has 2 unspecified atom stereocenters. The number of carbonyl (C=O) groups is 1. The van der Waals surface area contributed by atoms with E-state index in [1.807, 2.05) is 39.1 Å². The first-order valence-corrected chi connectivity index (χ1v) is 7.49. The van der Waals surface area contributed by atoms with Crippen LogP contribution in [0.1, 0.15) is 32.8 Å². The lowest BCUT2D eigenvalue weighted by Crippen LogP contribution is -2.75. The lowest BCUT2D eigenvalue weighted by molar-refractivity contribution is -0.170. The van der Waals surface area contributed by atoms with Crippen LogP contribution in [-0.4, -0.2) is 35.7 Å². The molecule has 5 nitrogen and oxygen atoms in total. The first-order chi connectivity index (χ1) is 9.91. The number of aromatic nitrogens is 1. The third-order valence-corrected chi connectivity index (χ3v) is 4.66. The number of hydrogen-bond acceptors (Lipinski definition) is 4. The van der Waals surface area contributed by atoms with Gasteiger partial charge in [-0.2, -0.15) is 0 Å². The summed E-state index contributed by atoms with van der Waals surface area (Å²) < 4.78 is 5.64. The van der Waals surface area contributed by atoms with E-state index in [0.29, 0.717) is 19.6 Å². The summed E-state index contributed by atoms with van der Waals surface area (Å²) in [5.74, 6) is -0.0904. The quantitative estimate of drug-likeness (QED) is 0.827. The average Bonchev–Trinajstić information content (AvgIpc) is 2.47. The van der Waals surface area contributed by atoms with Crippen LogP contribution in [-0.2, 0) is 16.0 Å². The molecular formula is C16H25N3O2. The Balaban J connectivity index is 1.86. The molecule has 3 N–H and O–H groups in total. The Kier molecular flexibility index (Phi) is 4.64. The molecule has 0 radical (unpaired) electrons. The van der Waals surface area contributed by atoms with Gasteiger partial charge in [0.05, 0.1) is 6.10 Å². The van der Waals surface area contributed by atoms with E-state index >= 15 is 0 Å². The highest BCUT2D eigenvalue weighted by Crippen LogP contribution is 2.49. The lowest BCUT2D eigenvalue weighted by atomic mass is 9.54. The minimum atomic E-state index is -0.845. The molecule has 0 bridgehead atoms. The predicted molar refractivity (Wildman–Crippen MR) is 81.7 cm³/mol. The molecule has 1 saturated carbocycles. The van der Waals surface area contributed by atoms with Crippen molar-refractivity contribution in [2.24, 2.45) is 11.1 Å². The van der Waals surface area contributed by atoms with Gasteiger partial charge < -0.3 is 15.8 Å². The highest BCUT2D eigenvalue weighted by Gasteiger charge is 2.62. The van der Waals surface area contributed by atoms with Gasteiger partial charge in [0.2, 0.25) is 5.91 Å². The van der Waals surface area contributed by atoms with Crippen molar-refractivity contribution in [3.05, 3.63) is 30.1 Å². The molecule has 1 aromatic heterocycles. The predicted octanol–water partition coefficient (Wildman–Crippen LogP) is 1.27. The van der Waals surface area contributed by atoms with Crippen LogP contribution in [0.2, 0.25) is 0 Å². The molecule has 1 aromatic rings. The lowest BCUT2D eigenvalue weighted by Gasteiger charge is -2.57. The molecule has 5 heteroatoms.